The summed E-state index contributed by atoms with van der Waals surface area (Å²) in [5, 5.41) is 8.52. The Kier molecular flexibility index (Phi) is 9.63. The summed E-state index contributed by atoms with van der Waals surface area (Å²) >= 11 is 1.56. The van der Waals surface area contributed by atoms with Crippen LogP contribution in [0.4, 0.5) is 5.95 Å². The van der Waals surface area contributed by atoms with E-state index >= 15 is 0 Å². The SMILES string of the molecule is CCCSc1nc2n(n1)C(c1ccc(OCC(=O)N(CC)CC)c(OC)c1)C(C(=O)OCC)=C(C)N2. The highest BCUT2D eigenvalue weighted by molar-refractivity contribution is 7.99. The van der Waals surface area contributed by atoms with Crippen molar-refractivity contribution in [2.24, 2.45) is 0 Å². The molecule has 1 N–H and O–H groups in total. The number of hydrogen-bond donors (Lipinski definition) is 1. The molecular formula is C25H35N5O5S. The molecule has 0 bridgehead atoms. The number of likely N-dealkylation sites (N-methyl/N-ethyl adjacent to an activating group) is 1. The minimum absolute atomic E-state index is 0.0942. The van der Waals surface area contributed by atoms with Crippen molar-refractivity contribution in [3.63, 3.8) is 0 Å². The van der Waals surface area contributed by atoms with E-state index in [4.69, 9.17) is 19.3 Å². The predicted octanol–water partition coefficient (Wildman–Crippen LogP) is 3.89. The molecule has 0 radical (unpaired) electrons. The quantitative estimate of drug-likeness (QED) is 0.331. The van der Waals surface area contributed by atoms with E-state index in [0.29, 0.717) is 47.0 Å². The normalized spacial score (nSPS) is 14.7. The summed E-state index contributed by atoms with van der Waals surface area (Å²) in [6.45, 7) is 10.9. The van der Waals surface area contributed by atoms with E-state index < -0.39 is 12.0 Å². The van der Waals surface area contributed by atoms with E-state index in [-0.39, 0.29) is 19.1 Å². The minimum Gasteiger partial charge on any atom is -0.493 e. The zero-order valence-corrected chi connectivity index (χ0v) is 22.6. The molecule has 1 aromatic heterocycles. The lowest BCUT2D eigenvalue weighted by Gasteiger charge is -2.28. The fraction of sp³-hybridized carbons (Fsp3) is 0.520. The highest BCUT2D eigenvalue weighted by Gasteiger charge is 2.35. The molecular weight excluding hydrogens is 482 g/mol. The molecule has 1 amide bonds. The van der Waals surface area contributed by atoms with E-state index in [1.165, 1.54) is 7.11 Å². The first-order chi connectivity index (χ1) is 17.4. The second-order valence-corrected chi connectivity index (χ2v) is 9.12. The van der Waals surface area contributed by atoms with Crippen LogP contribution in [0.1, 0.15) is 52.6 Å². The number of fused-ring (bicyclic) bond motifs is 1. The lowest BCUT2D eigenvalue weighted by molar-refractivity contribution is -0.139. The molecule has 11 heteroatoms. The Morgan fingerprint density at radius 2 is 1.92 bits per heavy atom. The van der Waals surface area contributed by atoms with Crippen LogP contribution < -0.4 is 14.8 Å². The van der Waals surface area contributed by atoms with Crippen LogP contribution in [0.15, 0.2) is 34.6 Å². The number of anilines is 1. The van der Waals surface area contributed by atoms with Gasteiger partial charge >= 0.3 is 5.97 Å². The lowest BCUT2D eigenvalue weighted by atomic mass is 9.95. The molecule has 2 aromatic rings. The number of hydrogen-bond acceptors (Lipinski definition) is 9. The molecule has 36 heavy (non-hydrogen) atoms. The maximum absolute atomic E-state index is 13.0. The first kappa shape index (κ1) is 27.4. The van der Waals surface area contributed by atoms with Crippen LogP contribution in [0.5, 0.6) is 11.5 Å². The zero-order valence-electron chi connectivity index (χ0n) is 21.8. The van der Waals surface area contributed by atoms with Crippen molar-refractivity contribution >= 4 is 29.6 Å². The molecule has 0 saturated carbocycles. The molecule has 0 spiro atoms. The maximum atomic E-state index is 13.0. The summed E-state index contributed by atoms with van der Waals surface area (Å²) in [5.41, 5.74) is 1.83. The number of benzene rings is 1. The number of ether oxygens (including phenoxy) is 3. The van der Waals surface area contributed by atoms with Gasteiger partial charge in [0.15, 0.2) is 18.1 Å². The third-order valence-electron chi connectivity index (χ3n) is 5.73. The van der Waals surface area contributed by atoms with Crippen molar-refractivity contribution in [2.75, 3.05) is 44.5 Å². The van der Waals surface area contributed by atoms with E-state index in [2.05, 4.69) is 17.2 Å². The van der Waals surface area contributed by atoms with Crippen molar-refractivity contribution in [1.29, 1.82) is 0 Å². The highest BCUT2D eigenvalue weighted by atomic mass is 32.2. The topological polar surface area (TPSA) is 108 Å². The van der Waals surface area contributed by atoms with Crippen molar-refractivity contribution < 1.29 is 23.8 Å². The molecule has 2 heterocycles. The van der Waals surface area contributed by atoms with Crippen LogP contribution in [0.25, 0.3) is 0 Å². The van der Waals surface area contributed by atoms with Crippen LogP contribution in [-0.2, 0) is 14.3 Å². The summed E-state index contributed by atoms with van der Waals surface area (Å²) in [6.07, 6.45) is 0.992. The smallest absolute Gasteiger partial charge is 0.338 e. The number of carbonyl (C=O) groups is 2. The van der Waals surface area contributed by atoms with Crippen LogP contribution in [0.2, 0.25) is 0 Å². The number of amides is 1. The summed E-state index contributed by atoms with van der Waals surface area (Å²) in [6, 6.07) is 4.80. The molecule has 0 fully saturated rings. The van der Waals surface area contributed by atoms with Gasteiger partial charge in [-0.05, 0) is 51.8 Å². The number of esters is 1. The van der Waals surface area contributed by atoms with Gasteiger partial charge in [-0.15, -0.1) is 5.10 Å². The number of methoxy groups -OCH3 is 1. The molecule has 1 atom stereocenters. The van der Waals surface area contributed by atoms with E-state index in [9.17, 15) is 9.59 Å². The maximum Gasteiger partial charge on any atom is 0.338 e. The molecule has 1 aliphatic heterocycles. The largest absolute Gasteiger partial charge is 0.493 e. The monoisotopic (exact) mass is 517 g/mol. The van der Waals surface area contributed by atoms with Crippen molar-refractivity contribution in [3.8, 4) is 11.5 Å². The Morgan fingerprint density at radius 3 is 2.56 bits per heavy atom. The number of rotatable bonds is 12. The van der Waals surface area contributed by atoms with Crippen molar-refractivity contribution in [2.45, 2.75) is 52.2 Å². The molecule has 10 nitrogen and oxygen atoms in total. The number of thioether (sulfide) groups is 1. The molecule has 1 aromatic carbocycles. The van der Waals surface area contributed by atoms with Gasteiger partial charge in [-0.3, -0.25) is 4.79 Å². The molecule has 0 aliphatic carbocycles. The van der Waals surface area contributed by atoms with Gasteiger partial charge in [0.2, 0.25) is 11.1 Å². The third kappa shape index (κ3) is 5.95. The molecule has 1 aliphatic rings. The summed E-state index contributed by atoms with van der Waals surface area (Å²) < 4.78 is 18.5. The summed E-state index contributed by atoms with van der Waals surface area (Å²) in [4.78, 5) is 31.7. The van der Waals surface area contributed by atoms with Gasteiger partial charge in [0.25, 0.3) is 5.91 Å². The van der Waals surface area contributed by atoms with Gasteiger partial charge in [0.05, 0.1) is 19.3 Å². The number of aromatic nitrogens is 3. The van der Waals surface area contributed by atoms with Crippen molar-refractivity contribution in [1.82, 2.24) is 19.7 Å². The average Bonchev–Trinajstić information content (AvgIpc) is 3.28. The van der Waals surface area contributed by atoms with E-state index in [1.807, 2.05) is 26.8 Å². The standard InChI is InChI=1S/C25H35N5O5S/c1-7-13-36-25-27-24-26-16(5)21(23(32)34-10-4)22(30(24)28-25)17-11-12-18(19(14-17)33-6)35-15-20(31)29(8-2)9-3/h11-12,14,22H,7-10,13,15H2,1-6H3,(H,26,27,28). The van der Waals surface area contributed by atoms with Crippen LogP contribution in [0, 0.1) is 0 Å². The van der Waals surface area contributed by atoms with E-state index in [1.54, 1.807) is 40.4 Å². The van der Waals surface area contributed by atoms with Gasteiger partial charge in [-0.25, -0.2) is 9.48 Å². The van der Waals surface area contributed by atoms with Crippen LogP contribution in [-0.4, -0.2) is 70.7 Å². The number of allylic oxidation sites excluding steroid dienone is 1. The van der Waals surface area contributed by atoms with Crippen LogP contribution >= 0.6 is 11.8 Å². The fourth-order valence-electron chi connectivity index (χ4n) is 3.95. The second-order valence-electron chi connectivity index (χ2n) is 8.06. The first-order valence-corrected chi connectivity index (χ1v) is 13.2. The van der Waals surface area contributed by atoms with Gasteiger partial charge in [0, 0.05) is 24.5 Å². The summed E-state index contributed by atoms with van der Waals surface area (Å²) in [7, 11) is 1.54. The lowest BCUT2D eigenvalue weighted by Crippen LogP contribution is -2.34. The zero-order chi connectivity index (χ0) is 26.2. The second kappa shape index (κ2) is 12.7. The van der Waals surface area contributed by atoms with Gasteiger partial charge in [-0.1, -0.05) is 24.8 Å². The van der Waals surface area contributed by atoms with Gasteiger partial charge < -0.3 is 24.4 Å². The Bertz CT molecular complexity index is 1110. The van der Waals surface area contributed by atoms with E-state index in [0.717, 1.165) is 17.7 Å². The predicted molar refractivity (Wildman–Crippen MR) is 139 cm³/mol. The third-order valence-corrected chi connectivity index (χ3v) is 6.78. The number of nitrogens with one attached hydrogen (secondary N) is 1. The molecule has 3 rings (SSSR count). The van der Waals surface area contributed by atoms with Crippen LogP contribution in [0.3, 0.4) is 0 Å². The van der Waals surface area contributed by atoms with Crippen molar-refractivity contribution in [3.05, 3.63) is 35.0 Å². The fourth-order valence-corrected chi connectivity index (χ4v) is 4.63. The highest BCUT2D eigenvalue weighted by Crippen LogP contribution is 2.39. The first-order valence-electron chi connectivity index (χ1n) is 12.2. The molecule has 0 saturated heterocycles. The Morgan fingerprint density at radius 1 is 1.17 bits per heavy atom. The summed E-state index contributed by atoms with van der Waals surface area (Å²) in [5.74, 6) is 1.79. The molecule has 196 valence electrons. The number of carbonyl (C=O) groups excluding carboxylic acids is 2. The number of nitrogens with zero attached hydrogens (tertiary/aromatic N) is 4. The van der Waals surface area contributed by atoms with Gasteiger partial charge in [-0.2, -0.15) is 4.98 Å². The Labute approximate surface area is 216 Å². The molecule has 1 unspecified atom stereocenters. The Balaban J connectivity index is 1.99. The van der Waals surface area contributed by atoms with Gasteiger partial charge in [0.1, 0.15) is 6.04 Å². The average molecular weight is 518 g/mol. The Hall–Kier alpha value is -3.21. The minimum atomic E-state index is -0.580.